The van der Waals surface area contributed by atoms with Crippen LogP contribution in [-0.4, -0.2) is 35.5 Å². The minimum Gasteiger partial charge on any atom is -0.479 e. The number of rotatable bonds is 2. The maximum atomic E-state index is 10.9. The van der Waals surface area contributed by atoms with E-state index in [1.807, 2.05) is 0 Å². The van der Waals surface area contributed by atoms with Crippen LogP contribution in [-0.2, 0) is 14.3 Å². The maximum Gasteiger partial charge on any atom is 0.335 e. The molecule has 0 aromatic heterocycles. The Kier molecular flexibility index (Phi) is 2.08. The first-order valence-electron chi connectivity index (χ1n) is 4.96. The van der Waals surface area contributed by atoms with Crippen LogP contribution >= 0.6 is 0 Å². The van der Waals surface area contributed by atoms with Crippen molar-refractivity contribution >= 4 is 5.97 Å². The van der Waals surface area contributed by atoms with Gasteiger partial charge in [-0.1, -0.05) is 0 Å². The topological polar surface area (TPSA) is 55.8 Å². The molecule has 1 spiro atoms. The van der Waals surface area contributed by atoms with E-state index in [-0.39, 0.29) is 11.7 Å². The molecule has 14 heavy (non-hydrogen) atoms. The molecule has 1 atom stereocenters. The number of ether oxygens (including phenoxy) is 2. The highest BCUT2D eigenvalue weighted by atomic mass is 16.6. The summed E-state index contributed by atoms with van der Waals surface area (Å²) in [5.41, 5.74) is -1.17. The Bertz CT molecular complexity index is 257. The smallest absolute Gasteiger partial charge is 0.335 e. The molecule has 0 radical (unpaired) electrons. The van der Waals surface area contributed by atoms with E-state index in [9.17, 15) is 4.79 Å². The van der Waals surface area contributed by atoms with Gasteiger partial charge in [0.25, 0.3) is 0 Å². The maximum absolute atomic E-state index is 10.9. The molecule has 2 rings (SSSR count). The van der Waals surface area contributed by atoms with Crippen molar-refractivity contribution in [3.05, 3.63) is 0 Å². The van der Waals surface area contributed by atoms with Gasteiger partial charge in [0.05, 0.1) is 11.7 Å². The van der Waals surface area contributed by atoms with Crippen molar-refractivity contribution < 1.29 is 19.4 Å². The third-order valence-corrected chi connectivity index (χ3v) is 3.48. The first-order valence-corrected chi connectivity index (χ1v) is 4.96. The zero-order chi connectivity index (χ0) is 10.4. The molecule has 80 valence electrons. The highest BCUT2D eigenvalue weighted by molar-refractivity contribution is 5.77. The Balaban J connectivity index is 1.99. The lowest BCUT2D eigenvalue weighted by Crippen LogP contribution is -2.50. The molecule has 1 N–H and O–H groups in total. The molecular weight excluding hydrogens is 184 g/mol. The highest BCUT2D eigenvalue weighted by Gasteiger charge is 2.57. The molecule has 1 aliphatic carbocycles. The SMILES string of the molecule is COC1CC2(CCC(C)(C(=O)O)O2)C1. The van der Waals surface area contributed by atoms with Crippen LogP contribution in [0, 0.1) is 0 Å². The summed E-state index contributed by atoms with van der Waals surface area (Å²) < 4.78 is 10.9. The third-order valence-electron chi connectivity index (χ3n) is 3.48. The number of methoxy groups -OCH3 is 1. The first kappa shape index (κ1) is 9.93. The molecule has 1 saturated heterocycles. The number of carbonyl (C=O) groups is 1. The fourth-order valence-corrected chi connectivity index (χ4v) is 2.42. The second-order valence-electron chi connectivity index (χ2n) is 4.59. The Morgan fingerprint density at radius 1 is 1.50 bits per heavy atom. The lowest BCUT2D eigenvalue weighted by molar-refractivity contribution is -0.199. The van der Waals surface area contributed by atoms with Gasteiger partial charge in [-0.05, 0) is 19.8 Å². The van der Waals surface area contributed by atoms with Gasteiger partial charge in [-0.15, -0.1) is 0 Å². The van der Waals surface area contributed by atoms with E-state index in [0.717, 1.165) is 19.3 Å². The normalized spacial score (nSPS) is 46.6. The summed E-state index contributed by atoms with van der Waals surface area (Å²) >= 11 is 0. The molecule has 0 amide bonds. The van der Waals surface area contributed by atoms with Crippen molar-refractivity contribution in [3.8, 4) is 0 Å². The number of hydrogen-bond donors (Lipinski definition) is 1. The van der Waals surface area contributed by atoms with Gasteiger partial charge in [0.1, 0.15) is 0 Å². The summed E-state index contributed by atoms with van der Waals surface area (Å²) in [6.45, 7) is 1.66. The van der Waals surface area contributed by atoms with Crippen LogP contribution in [0.1, 0.15) is 32.6 Å². The average Bonchev–Trinajstić information content (AvgIpc) is 2.42. The zero-order valence-corrected chi connectivity index (χ0v) is 8.58. The van der Waals surface area contributed by atoms with Gasteiger partial charge in [-0.2, -0.15) is 0 Å². The van der Waals surface area contributed by atoms with Crippen LogP contribution in [0.5, 0.6) is 0 Å². The lowest BCUT2D eigenvalue weighted by Gasteiger charge is -2.44. The van der Waals surface area contributed by atoms with E-state index in [1.54, 1.807) is 14.0 Å². The first-order chi connectivity index (χ1) is 6.50. The van der Waals surface area contributed by atoms with Crippen LogP contribution in [0.4, 0.5) is 0 Å². The molecule has 1 saturated carbocycles. The van der Waals surface area contributed by atoms with Crippen molar-refractivity contribution in [2.24, 2.45) is 0 Å². The molecule has 0 aromatic rings. The Morgan fingerprint density at radius 2 is 2.14 bits per heavy atom. The van der Waals surface area contributed by atoms with Gasteiger partial charge < -0.3 is 14.6 Å². The third kappa shape index (κ3) is 1.33. The monoisotopic (exact) mass is 200 g/mol. The fraction of sp³-hybridized carbons (Fsp3) is 0.900. The van der Waals surface area contributed by atoms with Crippen LogP contribution in [0.25, 0.3) is 0 Å². The standard InChI is InChI=1S/C10H16O4/c1-9(8(11)12)3-4-10(14-9)5-7(6-10)13-2/h7H,3-6H2,1-2H3,(H,11,12). The predicted molar refractivity (Wildman–Crippen MR) is 49.1 cm³/mol. The number of carboxylic acid groups (broad SMARTS) is 1. The van der Waals surface area contributed by atoms with E-state index in [0.29, 0.717) is 6.42 Å². The molecule has 4 heteroatoms. The van der Waals surface area contributed by atoms with Crippen LogP contribution in [0.2, 0.25) is 0 Å². The van der Waals surface area contributed by atoms with E-state index in [4.69, 9.17) is 14.6 Å². The molecule has 1 unspecified atom stereocenters. The Labute approximate surface area is 83.2 Å². The van der Waals surface area contributed by atoms with Gasteiger partial charge in [0.15, 0.2) is 5.60 Å². The molecule has 0 bridgehead atoms. The molecule has 1 heterocycles. The Hall–Kier alpha value is -0.610. The fourth-order valence-electron chi connectivity index (χ4n) is 2.42. The van der Waals surface area contributed by atoms with Gasteiger partial charge >= 0.3 is 5.97 Å². The second-order valence-corrected chi connectivity index (χ2v) is 4.59. The van der Waals surface area contributed by atoms with Crippen LogP contribution in [0.15, 0.2) is 0 Å². The van der Waals surface area contributed by atoms with Crippen molar-refractivity contribution in [3.63, 3.8) is 0 Å². The van der Waals surface area contributed by atoms with Crippen LogP contribution in [0.3, 0.4) is 0 Å². The van der Waals surface area contributed by atoms with E-state index < -0.39 is 11.6 Å². The number of aliphatic carboxylic acids is 1. The van der Waals surface area contributed by atoms with Gasteiger partial charge in [-0.3, -0.25) is 0 Å². The quantitative estimate of drug-likeness (QED) is 0.727. The lowest BCUT2D eigenvalue weighted by atomic mass is 9.75. The molecule has 2 fully saturated rings. The molecular formula is C10H16O4. The minimum absolute atomic E-state index is 0.201. The van der Waals surface area contributed by atoms with Crippen molar-refractivity contribution in [2.75, 3.05) is 7.11 Å². The minimum atomic E-state index is -0.974. The van der Waals surface area contributed by atoms with E-state index in [2.05, 4.69) is 0 Å². The van der Waals surface area contributed by atoms with Crippen LogP contribution < -0.4 is 0 Å². The van der Waals surface area contributed by atoms with Gasteiger partial charge in [0.2, 0.25) is 0 Å². The van der Waals surface area contributed by atoms with Crippen molar-refractivity contribution in [2.45, 2.75) is 49.9 Å². The predicted octanol–water partition coefficient (Wildman–Crippen LogP) is 1.19. The molecule has 4 nitrogen and oxygen atoms in total. The average molecular weight is 200 g/mol. The largest absolute Gasteiger partial charge is 0.479 e. The highest BCUT2D eigenvalue weighted by Crippen LogP contribution is 2.50. The van der Waals surface area contributed by atoms with Gasteiger partial charge in [0, 0.05) is 20.0 Å². The number of carboxylic acids is 1. The van der Waals surface area contributed by atoms with E-state index >= 15 is 0 Å². The number of hydrogen-bond acceptors (Lipinski definition) is 3. The molecule has 2 aliphatic rings. The summed E-state index contributed by atoms with van der Waals surface area (Å²) in [6, 6.07) is 0. The van der Waals surface area contributed by atoms with Crippen molar-refractivity contribution in [1.82, 2.24) is 0 Å². The van der Waals surface area contributed by atoms with Gasteiger partial charge in [-0.25, -0.2) is 4.79 Å². The zero-order valence-electron chi connectivity index (χ0n) is 8.58. The van der Waals surface area contributed by atoms with E-state index in [1.165, 1.54) is 0 Å². The molecule has 1 aliphatic heterocycles. The Morgan fingerprint density at radius 3 is 2.57 bits per heavy atom. The summed E-state index contributed by atoms with van der Waals surface area (Å²) in [5.74, 6) is -0.852. The summed E-state index contributed by atoms with van der Waals surface area (Å²) in [4.78, 5) is 10.9. The molecule has 0 aromatic carbocycles. The second kappa shape index (κ2) is 2.94. The summed E-state index contributed by atoms with van der Waals surface area (Å²) in [5, 5.41) is 8.99. The summed E-state index contributed by atoms with van der Waals surface area (Å²) in [6.07, 6.45) is 3.39. The summed E-state index contributed by atoms with van der Waals surface area (Å²) in [7, 11) is 1.68. The van der Waals surface area contributed by atoms with Crippen molar-refractivity contribution in [1.29, 1.82) is 0 Å².